The molecule has 0 aliphatic heterocycles. The lowest BCUT2D eigenvalue weighted by Crippen LogP contribution is -2.30. The van der Waals surface area contributed by atoms with Crippen molar-refractivity contribution < 1.29 is 14.3 Å². The van der Waals surface area contributed by atoms with Gasteiger partial charge in [0.05, 0.1) is 0 Å². The van der Waals surface area contributed by atoms with Crippen LogP contribution in [0.25, 0.3) is 0 Å². The molecule has 144 valence electrons. The Bertz CT molecular complexity index is 796. The highest BCUT2D eigenvalue weighted by molar-refractivity contribution is 9.10. The average molecular weight is 433 g/mol. The van der Waals surface area contributed by atoms with Crippen LogP contribution in [0.2, 0.25) is 0 Å². The van der Waals surface area contributed by atoms with Crippen LogP contribution in [-0.2, 0) is 9.59 Å². The molecule has 0 saturated heterocycles. The van der Waals surface area contributed by atoms with Crippen molar-refractivity contribution >= 4 is 39.1 Å². The molecular weight excluding hydrogens is 408 g/mol. The van der Waals surface area contributed by atoms with Crippen LogP contribution in [0, 0.1) is 13.8 Å². The highest BCUT2D eigenvalue weighted by atomic mass is 79.9. The van der Waals surface area contributed by atoms with E-state index >= 15 is 0 Å². The minimum absolute atomic E-state index is 0.0171. The highest BCUT2D eigenvalue weighted by Crippen LogP contribution is 2.28. The van der Waals surface area contributed by atoms with Gasteiger partial charge < -0.3 is 15.4 Å². The van der Waals surface area contributed by atoms with E-state index in [1.807, 2.05) is 32.9 Å². The zero-order chi connectivity index (χ0) is 20.0. The molecule has 2 rings (SSSR count). The number of carbonyl (C=O) groups excluding carboxylic acids is 2. The SMILES string of the molecule is CCCC(=O)Nc1ccc(NC(=O)C(C)Oc2c(C)cc(Br)cc2C)cc1. The topological polar surface area (TPSA) is 67.4 Å². The van der Waals surface area contributed by atoms with Gasteiger partial charge >= 0.3 is 0 Å². The summed E-state index contributed by atoms with van der Waals surface area (Å²) in [7, 11) is 0. The van der Waals surface area contributed by atoms with E-state index in [1.165, 1.54) is 0 Å². The van der Waals surface area contributed by atoms with E-state index in [1.54, 1.807) is 31.2 Å². The zero-order valence-electron chi connectivity index (χ0n) is 16.1. The van der Waals surface area contributed by atoms with Gasteiger partial charge in [-0.05, 0) is 74.7 Å². The minimum Gasteiger partial charge on any atom is -0.480 e. The number of hydrogen-bond donors (Lipinski definition) is 2. The highest BCUT2D eigenvalue weighted by Gasteiger charge is 2.17. The minimum atomic E-state index is -0.646. The smallest absolute Gasteiger partial charge is 0.265 e. The van der Waals surface area contributed by atoms with Gasteiger partial charge in [0.15, 0.2) is 6.10 Å². The fourth-order valence-electron chi connectivity index (χ4n) is 2.64. The quantitative estimate of drug-likeness (QED) is 0.630. The monoisotopic (exact) mass is 432 g/mol. The van der Waals surface area contributed by atoms with Crippen LogP contribution in [0.4, 0.5) is 11.4 Å². The molecule has 27 heavy (non-hydrogen) atoms. The zero-order valence-corrected chi connectivity index (χ0v) is 17.6. The Kier molecular flexibility index (Phi) is 7.42. The van der Waals surface area contributed by atoms with Crippen molar-refractivity contribution in [2.75, 3.05) is 10.6 Å². The van der Waals surface area contributed by atoms with Crippen LogP contribution in [-0.4, -0.2) is 17.9 Å². The average Bonchev–Trinajstić information content (AvgIpc) is 2.59. The van der Waals surface area contributed by atoms with Crippen molar-refractivity contribution in [1.29, 1.82) is 0 Å². The molecule has 2 aromatic rings. The van der Waals surface area contributed by atoms with Gasteiger partial charge in [0, 0.05) is 22.3 Å². The molecule has 0 fully saturated rings. The molecule has 2 aromatic carbocycles. The van der Waals surface area contributed by atoms with Gasteiger partial charge in [-0.25, -0.2) is 0 Å². The molecule has 0 saturated carbocycles. The summed E-state index contributed by atoms with van der Waals surface area (Å²) in [4.78, 5) is 24.1. The number of benzene rings is 2. The summed E-state index contributed by atoms with van der Waals surface area (Å²) in [5, 5.41) is 5.65. The number of hydrogen-bond acceptors (Lipinski definition) is 3. The first-order chi connectivity index (χ1) is 12.8. The van der Waals surface area contributed by atoms with E-state index in [0.717, 1.165) is 27.8 Å². The Labute approximate surface area is 168 Å². The lowest BCUT2D eigenvalue weighted by atomic mass is 10.1. The van der Waals surface area contributed by atoms with E-state index in [2.05, 4.69) is 26.6 Å². The second kappa shape index (κ2) is 9.55. The van der Waals surface area contributed by atoms with Gasteiger partial charge in [-0.1, -0.05) is 22.9 Å². The molecule has 5 nitrogen and oxygen atoms in total. The number of rotatable bonds is 7. The number of halogens is 1. The van der Waals surface area contributed by atoms with Crippen molar-refractivity contribution in [1.82, 2.24) is 0 Å². The van der Waals surface area contributed by atoms with Crippen LogP contribution in [0.5, 0.6) is 5.75 Å². The Morgan fingerprint density at radius 1 is 1.04 bits per heavy atom. The third-order valence-electron chi connectivity index (χ3n) is 4.00. The van der Waals surface area contributed by atoms with Crippen LogP contribution >= 0.6 is 15.9 Å². The summed E-state index contributed by atoms with van der Waals surface area (Å²) in [5.41, 5.74) is 3.28. The number of carbonyl (C=O) groups is 2. The molecule has 0 aromatic heterocycles. The predicted molar refractivity (Wildman–Crippen MR) is 112 cm³/mol. The maximum absolute atomic E-state index is 12.4. The second-order valence-electron chi connectivity index (χ2n) is 6.49. The molecular formula is C21H25BrN2O3. The van der Waals surface area contributed by atoms with Crippen LogP contribution < -0.4 is 15.4 Å². The maximum atomic E-state index is 12.4. The van der Waals surface area contributed by atoms with Gasteiger partial charge in [-0.15, -0.1) is 0 Å². The number of amides is 2. The Morgan fingerprint density at radius 2 is 1.56 bits per heavy atom. The predicted octanol–water partition coefficient (Wildman–Crippen LogP) is 5.21. The molecule has 0 aliphatic rings. The standard InChI is InChI=1S/C21H25BrN2O3/c1-5-6-19(25)23-17-7-9-18(10-8-17)24-21(26)15(4)27-20-13(2)11-16(22)12-14(20)3/h7-12,15H,5-6H2,1-4H3,(H,23,25)(H,24,26). The summed E-state index contributed by atoms with van der Waals surface area (Å²) in [6, 6.07) is 10.9. The summed E-state index contributed by atoms with van der Waals surface area (Å²) >= 11 is 3.45. The third kappa shape index (κ3) is 6.10. The molecule has 0 spiro atoms. The molecule has 2 N–H and O–H groups in total. The molecule has 0 radical (unpaired) electrons. The maximum Gasteiger partial charge on any atom is 0.265 e. The van der Waals surface area contributed by atoms with E-state index in [0.29, 0.717) is 17.8 Å². The van der Waals surface area contributed by atoms with Crippen molar-refractivity contribution in [3.63, 3.8) is 0 Å². The largest absolute Gasteiger partial charge is 0.480 e. The number of anilines is 2. The summed E-state index contributed by atoms with van der Waals surface area (Å²) in [6.45, 7) is 7.57. The lowest BCUT2D eigenvalue weighted by molar-refractivity contribution is -0.122. The first kappa shape index (κ1) is 21.0. The fourth-order valence-corrected chi connectivity index (χ4v) is 3.33. The van der Waals surface area contributed by atoms with E-state index in [9.17, 15) is 9.59 Å². The first-order valence-electron chi connectivity index (χ1n) is 8.94. The number of aryl methyl sites for hydroxylation is 2. The summed E-state index contributed by atoms with van der Waals surface area (Å²) < 4.78 is 6.86. The number of nitrogens with one attached hydrogen (secondary N) is 2. The number of ether oxygens (including phenoxy) is 1. The van der Waals surface area contributed by atoms with E-state index in [-0.39, 0.29) is 11.8 Å². The Balaban J connectivity index is 1.97. The Hall–Kier alpha value is -2.34. The van der Waals surface area contributed by atoms with Gasteiger partial charge in [0.2, 0.25) is 5.91 Å². The van der Waals surface area contributed by atoms with Gasteiger partial charge in [-0.2, -0.15) is 0 Å². The lowest BCUT2D eigenvalue weighted by Gasteiger charge is -2.18. The second-order valence-corrected chi connectivity index (χ2v) is 7.41. The summed E-state index contributed by atoms with van der Waals surface area (Å²) in [5.74, 6) is 0.464. The van der Waals surface area contributed by atoms with Gasteiger partial charge in [-0.3, -0.25) is 9.59 Å². The van der Waals surface area contributed by atoms with E-state index in [4.69, 9.17) is 4.74 Å². The van der Waals surface area contributed by atoms with Crippen molar-refractivity contribution in [2.24, 2.45) is 0 Å². The molecule has 0 heterocycles. The van der Waals surface area contributed by atoms with Gasteiger partial charge in [0.25, 0.3) is 5.91 Å². The van der Waals surface area contributed by atoms with E-state index < -0.39 is 6.10 Å². The van der Waals surface area contributed by atoms with Gasteiger partial charge in [0.1, 0.15) is 5.75 Å². The third-order valence-corrected chi connectivity index (χ3v) is 4.46. The molecule has 0 aliphatic carbocycles. The molecule has 0 bridgehead atoms. The van der Waals surface area contributed by atoms with Crippen molar-refractivity contribution in [2.45, 2.75) is 46.6 Å². The first-order valence-corrected chi connectivity index (χ1v) is 9.73. The Morgan fingerprint density at radius 3 is 2.07 bits per heavy atom. The molecule has 1 unspecified atom stereocenters. The summed E-state index contributed by atoms with van der Waals surface area (Å²) in [6.07, 6.45) is 0.643. The van der Waals surface area contributed by atoms with Crippen LogP contribution in [0.1, 0.15) is 37.8 Å². The van der Waals surface area contributed by atoms with Crippen molar-refractivity contribution in [3.05, 3.63) is 52.0 Å². The van der Waals surface area contributed by atoms with Crippen LogP contribution in [0.15, 0.2) is 40.9 Å². The molecule has 2 amide bonds. The fraction of sp³-hybridized carbons (Fsp3) is 0.333. The van der Waals surface area contributed by atoms with Crippen LogP contribution in [0.3, 0.4) is 0 Å². The molecule has 1 atom stereocenters. The van der Waals surface area contributed by atoms with Crippen molar-refractivity contribution in [3.8, 4) is 5.75 Å². The molecule has 6 heteroatoms. The normalized spacial score (nSPS) is 11.6.